The molecule has 254 valence electrons. The summed E-state index contributed by atoms with van der Waals surface area (Å²) < 4.78 is 36.3. The van der Waals surface area contributed by atoms with Crippen LogP contribution >= 0.6 is 0 Å². The van der Waals surface area contributed by atoms with E-state index in [4.69, 9.17) is 33.2 Å². The molecule has 0 unspecified atom stereocenters. The number of amides is 1. The van der Waals surface area contributed by atoms with Gasteiger partial charge >= 0.3 is 11.9 Å². The molecule has 1 amide bonds. The normalized spacial score (nSPS) is 11.1. The van der Waals surface area contributed by atoms with E-state index < -0.39 is 33.1 Å². The highest BCUT2D eigenvalue weighted by molar-refractivity contribution is 5.77. The molecule has 0 bridgehead atoms. The number of nitro benzene ring substituents is 2. The Balaban J connectivity index is 1.92. The van der Waals surface area contributed by atoms with E-state index in [1.807, 2.05) is 0 Å². The van der Waals surface area contributed by atoms with Gasteiger partial charge in [-0.1, -0.05) is 0 Å². The maximum Gasteiger partial charge on any atom is 0.310 e. The summed E-state index contributed by atoms with van der Waals surface area (Å²) >= 11 is 0. The molecule has 0 radical (unpaired) electrons. The number of nitrogens with one attached hydrogen (secondary N) is 2. The number of non-ortho nitro benzene ring substituents is 1. The lowest BCUT2D eigenvalue weighted by Crippen LogP contribution is -2.31. The van der Waals surface area contributed by atoms with Crippen LogP contribution in [0.5, 0.6) is 0 Å². The molecule has 0 heterocycles. The minimum Gasteiger partial charge on any atom is -0.460 e. The van der Waals surface area contributed by atoms with Crippen molar-refractivity contribution in [3.8, 4) is 0 Å². The van der Waals surface area contributed by atoms with Crippen LogP contribution in [-0.4, -0.2) is 113 Å². The molecule has 18 nitrogen and oxygen atoms in total. The topological polar surface area (TPSA) is 226 Å². The molecule has 18 heteroatoms. The molecular formula is C27H42N4O14. The fourth-order valence-electron chi connectivity index (χ4n) is 3.15. The average molecular weight is 647 g/mol. The van der Waals surface area contributed by atoms with Crippen LogP contribution in [0.15, 0.2) is 18.2 Å². The Hall–Kier alpha value is -3.97. The molecule has 1 rings (SSSR count). The van der Waals surface area contributed by atoms with E-state index in [1.54, 1.807) is 20.8 Å². The Morgan fingerprint density at radius 1 is 0.756 bits per heavy atom. The van der Waals surface area contributed by atoms with Crippen LogP contribution in [-0.2, 0) is 47.5 Å². The van der Waals surface area contributed by atoms with Crippen molar-refractivity contribution in [1.29, 1.82) is 0 Å². The number of nitrogens with zero attached hydrogens (tertiary/aromatic N) is 2. The van der Waals surface area contributed by atoms with Crippen LogP contribution in [0.4, 0.5) is 17.1 Å². The lowest BCUT2D eigenvalue weighted by Gasteiger charge is -2.19. The molecule has 0 fully saturated rings. The highest BCUT2D eigenvalue weighted by atomic mass is 16.7. The number of hydrogen-bond acceptors (Lipinski definition) is 15. The number of esters is 2. The Kier molecular flexibility index (Phi) is 19.5. The first-order valence-electron chi connectivity index (χ1n) is 14.1. The first kappa shape index (κ1) is 39.1. The second-order valence-electron chi connectivity index (χ2n) is 10.0. The third kappa shape index (κ3) is 20.6. The minimum absolute atomic E-state index is 0.00137. The van der Waals surface area contributed by atoms with E-state index in [0.717, 1.165) is 6.07 Å². The van der Waals surface area contributed by atoms with Crippen LogP contribution in [0, 0.1) is 20.2 Å². The lowest BCUT2D eigenvalue weighted by molar-refractivity contribution is -0.393. The van der Waals surface area contributed by atoms with E-state index in [0.29, 0.717) is 0 Å². The Bertz CT molecular complexity index is 1080. The summed E-state index contributed by atoms with van der Waals surface area (Å²) in [5.74, 6) is -1.27. The summed E-state index contributed by atoms with van der Waals surface area (Å²) in [6.07, 6.45) is 0.0505. The van der Waals surface area contributed by atoms with Crippen molar-refractivity contribution in [3.63, 3.8) is 0 Å². The van der Waals surface area contributed by atoms with Gasteiger partial charge in [-0.15, -0.1) is 0 Å². The van der Waals surface area contributed by atoms with Gasteiger partial charge in [0.1, 0.15) is 17.9 Å². The predicted octanol–water partition coefficient (Wildman–Crippen LogP) is 1.74. The zero-order valence-corrected chi connectivity index (χ0v) is 25.7. The van der Waals surface area contributed by atoms with E-state index in [9.17, 15) is 34.6 Å². The van der Waals surface area contributed by atoms with Crippen LogP contribution in [0.2, 0.25) is 0 Å². The monoisotopic (exact) mass is 646 g/mol. The van der Waals surface area contributed by atoms with Crippen LogP contribution in [0.3, 0.4) is 0 Å². The van der Waals surface area contributed by atoms with E-state index in [2.05, 4.69) is 10.6 Å². The molecule has 0 aliphatic heterocycles. The third-order valence-corrected chi connectivity index (χ3v) is 5.12. The number of hydrogen-bond donors (Lipinski definition) is 2. The van der Waals surface area contributed by atoms with Gasteiger partial charge in [0, 0.05) is 19.2 Å². The summed E-state index contributed by atoms with van der Waals surface area (Å²) in [7, 11) is 0. The summed E-state index contributed by atoms with van der Waals surface area (Å²) in [6, 6.07) is 3.34. The van der Waals surface area contributed by atoms with E-state index in [1.165, 1.54) is 12.1 Å². The van der Waals surface area contributed by atoms with Gasteiger partial charge < -0.3 is 43.8 Å². The zero-order chi connectivity index (χ0) is 33.5. The molecule has 0 spiro atoms. The number of carbonyl (C=O) groups is 3. The Labute approximate surface area is 260 Å². The van der Waals surface area contributed by atoms with Gasteiger partial charge in [-0.05, 0) is 26.8 Å². The van der Waals surface area contributed by atoms with Gasteiger partial charge in [0.05, 0.1) is 81.6 Å². The number of nitro groups is 2. The molecule has 0 atom stereocenters. The number of benzene rings is 1. The summed E-state index contributed by atoms with van der Waals surface area (Å²) in [6.45, 7) is 6.82. The first-order valence-corrected chi connectivity index (χ1v) is 14.1. The quantitative estimate of drug-likeness (QED) is 0.0507. The SMILES string of the molecule is CC(C)(C)OC(=O)CCOCOC(=O)CCOCCNC(=O)COCCOCCOCCNc1ccc([N+](=O)[O-])cc1[N+](=O)[O-]. The second-order valence-corrected chi connectivity index (χ2v) is 10.0. The minimum atomic E-state index is -0.705. The maximum atomic E-state index is 11.8. The Morgan fingerprint density at radius 3 is 2.02 bits per heavy atom. The Morgan fingerprint density at radius 2 is 1.36 bits per heavy atom. The van der Waals surface area contributed by atoms with Gasteiger partial charge in [-0.3, -0.25) is 34.6 Å². The number of carbonyl (C=O) groups excluding carboxylic acids is 3. The van der Waals surface area contributed by atoms with E-state index in [-0.39, 0.29) is 109 Å². The molecule has 0 aliphatic carbocycles. The largest absolute Gasteiger partial charge is 0.460 e. The predicted molar refractivity (Wildman–Crippen MR) is 157 cm³/mol. The van der Waals surface area contributed by atoms with Gasteiger partial charge in [-0.25, -0.2) is 0 Å². The fraction of sp³-hybridized carbons (Fsp3) is 0.667. The van der Waals surface area contributed by atoms with Crippen molar-refractivity contribution in [2.45, 2.75) is 39.2 Å². The summed E-state index contributed by atoms with van der Waals surface area (Å²) in [5, 5.41) is 27.3. The smallest absolute Gasteiger partial charge is 0.310 e. The molecule has 2 N–H and O–H groups in total. The van der Waals surface area contributed by atoms with Crippen LogP contribution < -0.4 is 10.6 Å². The zero-order valence-electron chi connectivity index (χ0n) is 25.7. The van der Waals surface area contributed by atoms with Gasteiger partial charge in [0.25, 0.3) is 11.4 Å². The highest BCUT2D eigenvalue weighted by Crippen LogP contribution is 2.28. The molecular weight excluding hydrogens is 604 g/mol. The fourth-order valence-corrected chi connectivity index (χ4v) is 3.15. The van der Waals surface area contributed by atoms with Gasteiger partial charge in [-0.2, -0.15) is 0 Å². The molecule has 0 aliphatic rings. The first-order chi connectivity index (χ1) is 21.4. The molecule has 0 saturated heterocycles. The number of anilines is 1. The van der Waals surface area contributed by atoms with Crippen LogP contribution in [0.1, 0.15) is 33.6 Å². The second kappa shape index (κ2) is 22.5. The van der Waals surface area contributed by atoms with Gasteiger partial charge in [0.15, 0.2) is 6.79 Å². The standard InChI is InChI=1S/C27H42N4O14/c1-27(2,3)45-26(34)7-11-43-20-44-25(33)6-10-39-13-9-29-24(32)19-42-17-16-41-15-14-40-12-8-28-22-5-4-21(30(35)36)18-23(22)31(37)38/h4-5,18,28H,6-17,19-20H2,1-3H3,(H,29,32). The lowest BCUT2D eigenvalue weighted by atomic mass is 10.2. The highest BCUT2D eigenvalue weighted by Gasteiger charge is 2.19. The molecule has 0 saturated carbocycles. The van der Waals surface area contributed by atoms with E-state index >= 15 is 0 Å². The van der Waals surface area contributed by atoms with Crippen molar-refractivity contribution >= 4 is 34.9 Å². The molecule has 45 heavy (non-hydrogen) atoms. The van der Waals surface area contributed by atoms with Crippen molar-refractivity contribution in [1.82, 2.24) is 5.32 Å². The van der Waals surface area contributed by atoms with Crippen molar-refractivity contribution < 1.29 is 57.4 Å². The molecule has 0 aromatic heterocycles. The van der Waals surface area contributed by atoms with Crippen molar-refractivity contribution in [3.05, 3.63) is 38.4 Å². The summed E-state index contributed by atoms with van der Waals surface area (Å²) in [5.41, 5.74) is -1.20. The molecule has 1 aromatic rings. The summed E-state index contributed by atoms with van der Waals surface area (Å²) in [4.78, 5) is 55.4. The van der Waals surface area contributed by atoms with Crippen molar-refractivity contribution in [2.24, 2.45) is 0 Å². The number of rotatable bonds is 25. The van der Waals surface area contributed by atoms with Crippen LogP contribution in [0.25, 0.3) is 0 Å². The average Bonchev–Trinajstić information content (AvgIpc) is 2.96. The number of ether oxygens (including phenoxy) is 7. The van der Waals surface area contributed by atoms with Crippen molar-refractivity contribution in [2.75, 3.05) is 84.7 Å². The maximum absolute atomic E-state index is 11.8. The molecule has 1 aromatic carbocycles. The van der Waals surface area contributed by atoms with Gasteiger partial charge in [0.2, 0.25) is 5.91 Å². The third-order valence-electron chi connectivity index (χ3n) is 5.12.